The van der Waals surface area contributed by atoms with Crippen molar-refractivity contribution in [2.45, 2.75) is 19.8 Å². The van der Waals surface area contributed by atoms with E-state index < -0.39 is 0 Å². The number of carbonyl (C=O) groups excluding carboxylic acids is 1. The molecule has 2 heteroatoms. The standard InChI is InChI=1S/C9H13NO/c1-3-8(11)9(2)4-6-10-7-5-9/h1,10H,4-7H2,2H3. The zero-order valence-electron chi connectivity index (χ0n) is 6.81. The molecule has 1 heterocycles. The minimum Gasteiger partial charge on any atom is -0.317 e. The van der Waals surface area contributed by atoms with E-state index in [0.29, 0.717) is 0 Å². The second kappa shape index (κ2) is 3.06. The topological polar surface area (TPSA) is 29.1 Å². The minimum absolute atomic E-state index is 0.0426. The van der Waals surface area contributed by atoms with Crippen LogP contribution in [0, 0.1) is 17.8 Å². The summed E-state index contributed by atoms with van der Waals surface area (Å²) in [5.41, 5.74) is -0.250. The van der Waals surface area contributed by atoms with Crippen molar-refractivity contribution in [2.75, 3.05) is 13.1 Å². The van der Waals surface area contributed by atoms with E-state index in [9.17, 15) is 4.79 Å². The number of rotatable bonds is 1. The van der Waals surface area contributed by atoms with E-state index in [1.54, 1.807) is 0 Å². The summed E-state index contributed by atoms with van der Waals surface area (Å²) in [6, 6.07) is 0. The molecular weight excluding hydrogens is 138 g/mol. The van der Waals surface area contributed by atoms with Gasteiger partial charge in [0.2, 0.25) is 5.78 Å². The number of piperidine rings is 1. The van der Waals surface area contributed by atoms with Gasteiger partial charge < -0.3 is 5.32 Å². The molecule has 1 rings (SSSR count). The Bertz CT molecular complexity index is 196. The van der Waals surface area contributed by atoms with E-state index in [0.717, 1.165) is 25.9 Å². The predicted molar refractivity (Wildman–Crippen MR) is 44.1 cm³/mol. The SMILES string of the molecule is C#CC(=O)C1(C)CCNCC1. The van der Waals surface area contributed by atoms with Gasteiger partial charge in [-0.25, -0.2) is 0 Å². The van der Waals surface area contributed by atoms with Gasteiger partial charge in [0, 0.05) is 5.41 Å². The maximum atomic E-state index is 11.2. The Kier molecular flexibility index (Phi) is 2.31. The molecule has 0 aliphatic carbocycles. The van der Waals surface area contributed by atoms with Crippen LogP contribution >= 0.6 is 0 Å². The molecule has 1 fully saturated rings. The number of terminal acetylenes is 1. The molecule has 0 spiro atoms. The summed E-state index contributed by atoms with van der Waals surface area (Å²) < 4.78 is 0. The van der Waals surface area contributed by atoms with Crippen LogP contribution in [0.25, 0.3) is 0 Å². The first-order valence-electron chi connectivity index (χ1n) is 3.91. The zero-order valence-corrected chi connectivity index (χ0v) is 6.81. The summed E-state index contributed by atoms with van der Waals surface area (Å²) >= 11 is 0. The highest BCUT2D eigenvalue weighted by Gasteiger charge is 2.32. The van der Waals surface area contributed by atoms with Gasteiger partial charge in [0.15, 0.2) is 0 Å². The lowest BCUT2D eigenvalue weighted by atomic mass is 9.77. The second-order valence-corrected chi connectivity index (χ2v) is 3.28. The molecule has 0 bridgehead atoms. The van der Waals surface area contributed by atoms with Crippen molar-refractivity contribution in [1.82, 2.24) is 5.32 Å². The van der Waals surface area contributed by atoms with Crippen LogP contribution in [0.2, 0.25) is 0 Å². The average Bonchev–Trinajstić information content (AvgIpc) is 2.04. The third kappa shape index (κ3) is 1.61. The van der Waals surface area contributed by atoms with Crippen LogP contribution in [0.4, 0.5) is 0 Å². The quantitative estimate of drug-likeness (QED) is 0.438. The summed E-state index contributed by atoms with van der Waals surface area (Å²) in [6.45, 7) is 3.77. The van der Waals surface area contributed by atoms with Gasteiger partial charge in [-0.2, -0.15) is 0 Å². The highest BCUT2D eigenvalue weighted by atomic mass is 16.1. The van der Waals surface area contributed by atoms with E-state index in [1.165, 1.54) is 0 Å². The number of carbonyl (C=O) groups is 1. The van der Waals surface area contributed by atoms with Gasteiger partial charge >= 0.3 is 0 Å². The predicted octanol–water partition coefficient (Wildman–Crippen LogP) is 0.578. The third-order valence-electron chi connectivity index (χ3n) is 2.39. The third-order valence-corrected chi connectivity index (χ3v) is 2.39. The minimum atomic E-state index is -0.250. The van der Waals surface area contributed by atoms with E-state index in [4.69, 9.17) is 6.42 Å². The molecule has 1 N–H and O–H groups in total. The molecule has 11 heavy (non-hydrogen) atoms. The van der Waals surface area contributed by atoms with Crippen LogP contribution in [0.15, 0.2) is 0 Å². The van der Waals surface area contributed by atoms with Gasteiger partial charge in [0.25, 0.3) is 0 Å². The Hall–Kier alpha value is -0.810. The first-order valence-corrected chi connectivity index (χ1v) is 3.91. The Morgan fingerprint density at radius 2 is 2.09 bits per heavy atom. The molecule has 0 amide bonds. The van der Waals surface area contributed by atoms with E-state index >= 15 is 0 Å². The summed E-state index contributed by atoms with van der Waals surface area (Å²) in [7, 11) is 0. The molecule has 1 saturated heterocycles. The number of nitrogens with one attached hydrogen (secondary N) is 1. The molecule has 0 saturated carbocycles. The molecule has 2 nitrogen and oxygen atoms in total. The van der Waals surface area contributed by atoms with Gasteiger partial charge in [0.1, 0.15) is 0 Å². The molecule has 0 aromatic carbocycles. The maximum absolute atomic E-state index is 11.2. The van der Waals surface area contributed by atoms with Gasteiger partial charge in [0.05, 0.1) is 0 Å². The molecule has 60 valence electrons. The lowest BCUT2D eigenvalue weighted by Crippen LogP contribution is -2.39. The van der Waals surface area contributed by atoms with Crippen LogP contribution in [-0.4, -0.2) is 18.9 Å². The van der Waals surface area contributed by atoms with E-state index in [-0.39, 0.29) is 11.2 Å². The van der Waals surface area contributed by atoms with Crippen molar-refractivity contribution in [3.8, 4) is 12.3 Å². The van der Waals surface area contributed by atoms with Crippen molar-refractivity contribution >= 4 is 5.78 Å². The highest BCUT2D eigenvalue weighted by Crippen LogP contribution is 2.28. The van der Waals surface area contributed by atoms with Gasteiger partial charge in [-0.3, -0.25) is 4.79 Å². The van der Waals surface area contributed by atoms with Crippen LogP contribution in [0.1, 0.15) is 19.8 Å². The Labute approximate surface area is 67.4 Å². The fourth-order valence-electron chi connectivity index (χ4n) is 1.38. The molecule has 0 aromatic rings. The molecule has 1 aliphatic rings. The summed E-state index contributed by atoms with van der Waals surface area (Å²) in [5.74, 6) is 2.17. The van der Waals surface area contributed by atoms with Crippen molar-refractivity contribution < 1.29 is 4.79 Å². The van der Waals surface area contributed by atoms with E-state index in [2.05, 4.69) is 11.2 Å². The Balaban J connectivity index is 2.65. The largest absolute Gasteiger partial charge is 0.317 e. The lowest BCUT2D eigenvalue weighted by Gasteiger charge is -2.30. The molecule has 0 radical (unpaired) electrons. The average molecular weight is 151 g/mol. The normalized spacial score (nSPS) is 22.2. The Morgan fingerprint density at radius 1 is 1.55 bits per heavy atom. The number of ketones is 1. The summed E-state index contributed by atoms with van der Waals surface area (Å²) in [4.78, 5) is 11.2. The number of Topliss-reactive ketones (excluding diaryl/α,β-unsaturated/α-hetero) is 1. The van der Waals surface area contributed by atoms with Crippen LogP contribution < -0.4 is 5.32 Å². The highest BCUT2D eigenvalue weighted by molar-refractivity contribution is 5.99. The van der Waals surface area contributed by atoms with Crippen molar-refractivity contribution in [2.24, 2.45) is 5.41 Å². The van der Waals surface area contributed by atoms with Gasteiger partial charge in [-0.1, -0.05) is 6.92 Å². The molecule has 0 atom stereocenters. The zero-order chi connectivity index (χ0) is 8.32. The molecule has 0 aromatic heterocycles. The van der Waals surface area contributed by atoms with Crippen molar-refractivity contribution in [3.63, 3.8) is 0 Å². The molecule has 1 aliphatic heterocycles. The summed E-state index contributed by atoms with van der Waals surface area (Å²) in [5, 5.41) is 3.20. The molecular formula is C9H13NO. The molecule has 0 unspecified atom stereocenters. The smallest absolute Gasteiger partial charge is 0.211 e. The first kappa shape index (κ1) is 8.29. The Morgan fingerprint density at radius 3 is 2.55 bits per heavy atom. The second-order valence-electron chi connectivity index (χ2n) is 3.28. The fraction of sp³-hybridized carbons (Fsp3) is 0.667. The van der Waals surface area contributed by atoms with Crippen molar-refractivity contribution in [1.29, 1.82) is 0 Å². The van der Waals surface area contributed by atoms with Crippen molar-refractivity contribution in [3.05, 3.63) is 0 Å². The van der Waals surface area contributed by atoms with Crippen LogP contribution in [-0.2, 0) is 4.79 Å². The lowest BCUT2D eigenvalue weighted by molar-refractivity contribution is -0.123. The van der Waals surface area contributed by atoms with Crippen LogP contribution in [0.3, 0.4) is 0 Å². The summed E-state index contributed by atoms with van der Waals surface area (Å²) in [6.07, 6.45) is 6.81. The van der Waals surface area contributed by atoms with Gasteiger partial charge in [-0.05, 0) is 31.9 Å². The number of hydrogen-bond acceptors (Lipinski definition) is 2. The monoisotopic (exact) mass is 151 g/mol. The fourth-order valence-corrected chi connectivity index (χ4v) is 1.38. The number of hydrogen-bond donors (Lipinski definition) is 1. The van der Waals surface area contributed by atoms with Gasteiger partial charge in [-0.15, -0.1) is 6.42 Å². The van der Waals surface area contributed by atoms with E-state index in [1.807, 2.05) is 6.92 Å². The first-order chi connectivity index (χ1) is 5.19. The van der Waals surface area contributed by atoms with Crippen LogP contribution in [0.5, 0.6) is 0 Å². The maximum Gasteiger partial charge on any atom is 0.211 e.